The zero-order chi connectivity index (χ0) is 13.5. The summed E-state index contributed by atoms with van der Waals surface area (Å²) in [6.45, 7) is 4.12. The van der Waals surface area contributed by atoms with Crippen molar-refractivity contribution in [3.63, 3.8) is 0 Å². The fourth-order valence-corrected chi connectivity index (χ4v) is 2.01. The second-order valence-electron chi connectivity index (χ2n) is 3.87. The van der Waals surface area contributed by atoms with Crippen molar-refractivity contribution in [2.24, 2.45) is 0 Å². The number of esters is 1. The Kier molecular flexibility index (Phi) is 5.67. The summed E-state index contributed by atoms with van der Waals surface area (Å²) in [6.07, 6.45) is 0.958. The lowest BCUT2D eigenvalue weighted by atomic mass is 9.96. The number of rotatable bonds is 5. The summed E-state index contributed by atoms with van der Waals surface area (Å²) in [4.78, 5) is 11.5. The summed E-state index contributed by atoms with van der Waals surface area (Å²) >= 11 is 5.84. The van der Waals surface area contributed by atoms with Gasteiger partial charge in [0.25, 0.3) is 0 Å². The molecule has 1 aromatic carbocycles. The second kappa shape index (κ2) is 7.03. The average Bonchev–Trinajstić information content (AvgIpc) is 2.37. The van der Waals surface area contributed by atoms with Crippen molar-refractivity contribution in [2.45, 2.75) is 32.6 Å². The minimum Gasteiger partial charge on any atom is -0.466 e. The Bertz CT molecular complexity index is 477. The van der Waals surface area contributed by atoms with Crippen LogP contribution in [0.25, 0.3) is 0 Å². The van der Waals surface area contributed by atoms with E-state index in [0.717, 1.165) is 17.5 Å². The fraction of sp³-hybridized carbons (Fsp3) is 0.429. The molecule has 0 saturated heterocycles. The number of hydrogen-bond acceptors (Lipinski definition) is 3. The summed E-state index contributed by atoms with van der Waals surface area (Å²) < 4.78 is 4.91. The van der Waals surface area contributed by atoms with Crippen LogP contribution in [-0.4, -0.2) is 12.6 Å². The maximum absolute atomic E-state index is 11.5. The van der Waals surface area contributed by atoms with Gasteiger partial charge in [-0.25, -0.2) is 0 Å². The number of aryl methyl sites for hydroxylation is 1. The Hall–Kier alpha value is -1.53. The molecule has 0 aliphatic rings. The molecular formula is C14H16ClNO2. The number of nitrogens with zero attached hydrogens (tertiary/aromatic N) is 1. The van der Waals surface area contributed by atoms with E-state index >= 15 is 0 Å². The van der Waals surface area contributed by atoms with Crippen LogP contribution in [-0.2, 0) is 28.3 Å². The van der Waals surface area contributed by atoms with Gasteiger partial charge in [0.05, 0.1) is 24.7 Å². The first-order valence-electron chi connectivity index (χ1n) is 5.92. The predicted molar refractivity (Wildman–Crippen MR) is 70.4 cm³/mol. The van der Waals surface area contributed by atoms with Gasteiger partial charge in [-0.1, -0.05) is 19.1 Å². The number of hydrogen-bond donors (Lipinski definition) is 0. The van der Waals surface area contributed by atoms with Gasteiger partial charge in [-0.05, 0) is 30.0 Å². The molecule has 0 bridgehead atoms. The molecule has 0 aliphatic heterocycles. The van der Waals surface area contributed by atoms with Crippen molar-refractivity contribution in [3.05, 3.63) is 34.4 Å². The van der Waals surface area contributed by atoms with Crippen LogP contribution >= 0.6 is 11.6 Å². The normalized spacial score (nSPS) is 9.89. The Morgan fingerprint density at radius 1 is 1.39 bits per heavy atom. The number of carbonyl (C=O) groups excluding carboxylic acids is 1. The first-order chi connectivity index (χ1) is 8.65. The van der Waals surface area contributed by atoms with Crippen molar-refractivity contribution in [2.75, 3.05) is 6.61 Å². The van der Waals surface area contributed by atoms with Crippen LogP contribution < -0.4 is 0 Å². The number of nitriles is 1. The highest BCUT2D eigenvalue weighted by molar-refractivity contribution is 6.17. The molecule has 0 radical (unpaired) electrons. The first-order valence-corrected chi connectivity index (χ1v) is 6.46. The fourth-order valence-electron chi connectivity index (χ4n) is 1.80. The molecule has 3 nitrogen and oxygen atoms in total. The van der Waals surface area contributed by atoms with Crippen LogP contribution in [0.5, 0.6) is 0 Å². The average molecular weight is 266 g/mol. The first kappa shape index (κ1) is 14.5. The highest BCUT2D eigenvalue weighted by Crippen LogP contribution is 2.20. The minimum absolute atomic E-state index is 0.120. The largest absolute Gasteiger partial charge is 0.466 e. The van der Waals surface area contributed by atoms with Gasteiger partial charge in [0, 0.05) is 5.88 Å². The molecule has 0 spiro atoms. The van der Waals surface area contributed by atoms with E-state index in [1.807, 2.05) is 19.1 Å². The molecule has 4 heteroatoms. The number of benzene rings is 1. The molecule has 0 amide bonds. The van der Waals surface area contributed by atoms with E-state index in [0.29, 0.717) is 17.7 Å². The maximum atomic E-state index is 11.5. The number of carbonyl (C=O) groups is 1. The van der Waals surface area contributed by atoms with E-state index in [-0.39, 0.29) is 18.3 Å². The molecule has 0 aromatic heterocycles. The molecule has 0 aliphatic carbocycles. The Balaban J connectivity index is 3.15. The second-order valence-corrected chi connectivity index (χ2v) is 4.14. The third-order valence-corrected chi connectivity index (χ3v) is 2.95. The highest BCUT2D eigenvalue weighted by Gasteiger charge is 2.13. The molecule has 96 valence electrons. The van der Waals surface area contributed by atoms with Gasteiger partial charge < -0.3 is 4.74 Å². The summed E-state index contributed by atoms with van der Waals surface area (Å²) in [6, 6.07) is 5.92. The molecular weight excluding hydrogens is 250 g/mol. The number of alkyl halides is 1. The Labute approximate surface area is 112 Å². The van der Waals surface area contributed by atoms with Gasteiger partial charge in [-0.3, -0.25) is 4.79 Å². The van der Waals surface area contributed by atoms with Crippen LogP contribution in [0.3, 0.4) is 0 Å². The number of halogens is 1. The monoisotopic (exact) mass is 265 g/mol. The molecule has 0 unspecified atom stereocenters. The molecule has 1 aromatic rings. The van der Waals surface area contributed by atoms with Crippen molar-refractivity contribution in [1.29, 1.82) is 5.26 Å². The molecule has 1 rings (SSSR count). The van der Waals surface area contributed by atoms with Crippen molar-refractivity contribution < 1.29 is 9.53 Å². The van der Waals surface area contributed by atoms with Crippen LogP contribution in [0.15, 0.2) is 12.1 Å². The Morgan fingerprint density at radius 2 is 2.06 bits per heavy atom. The third kappa shape index (κ3) is 3.48. The summed E-state index contributed by atoms with van der Waals surface area (Å²) in [5.74, 6) is -0.0465. The van der Waals surface area contributed by atoms with Crippen molar-refractivity contribution >= 4 is 17.6 Å². The SMILES string of the molecule is CCOC(=O)Cc1cc(CC)cc(CCl)c1C#N. The Morgan fingerprint density at radius 3 is 2.56 bits per heavy atom. The molecule has 0 fully saturated rings. The quantitative estimate of drug-likeness (QED) is 0.607. The molecule has 18 heavy (non-hydrogen) atoms. The van der Waals surface area contributed by atoms with E-state index in [1.54, 1.807) is 6.92 Å². The molecule has 0 N–H and O–H groups in total. The zero-order valence-corrected chi connectivity index (χ0v) is 11.4. The molecule has 0 atom stereocenters. The molecule has 0 heterocycles. The van der Waals surface area contributed by atoms with Gasteiger partial charge in [-0.2, -0.15) is 5.26 Å². The van der Waals surface area contributed by atoms with Crippen molar-refractivity contribution in [1.82, 2.24) is 0 Å². The standard InChI is InChI=1S/C14H16ClNO2/c1-3-10-5-11(7-14(17)18-4-2)13(9-16)12(6-10)8-15/h5-6H,3-4,7-8H2,1-2H3. The van der Waals surface area contributed by atoms with Gasteiger partial charge in [-0.15, -0.1) is 11.6 Å². The maximum Gasteiger partial charge on any atom is 0.310 e. The summed E-state index contributed by atoms with van der Waals surface area (Å²) in [5, 5.41) is 9.18. The predicted octanol–water partition coefficient (Wildman–Crippen LogP) is 2.97. The van der Waals surface area contributed by atoms with E-state index < -0.39 is 0 Å². The lowest BCUT2D eigenvalue weighted by molar-refractivity contribution is -0.142. The molecule has 0 saturated carbocycles. The zero-order valence-electron chi connectivity index (χ0n) is 10.6. The van der Waals surface area contributed by atoms with Crippen LogP contribution in [0.2, 0.25) is 0 Å². The smallest absolute Gasteiger partial charge is 0.310 e. The van der Waals surface area contributed by atoms with Crippen LogP contribution in [0.1, 0.15) is 36.1 Å². The van der Waals surface area contributed by atoms with Gasteiger partial charge >= 0.3 is 5.97 Å². The van der Waals surface area contributed by atoms with Crippen molar-refractivity contribution in [3.8, 4) is 6.07 Å². The topological polar surface area (TPSA) is 50.1 Å². The van der Waals surface area contributed by atoms with E-state index in [4.69, 9.17) is 16.3 Å². The van der Waals surface area contributed by atoms with Crippen LogP contribution in [0.4, 0.5) is 0 Å². The van der Waals surface area contributed by atoms with E-state index in [2.05, 4.69) is 6.07 Å². The van der Waals surface area contributed by atoms with Gasteiger partial charge in [0.1, 0.15) is 0 Å². The third-order valence-electron chi connectivity index (χ3n) is 2.67. The summed E-state index contributed by atoms with van der Waals surface area (Å²) in [7, 11) is 0. The highest BCUT2D eigenvalue weighted by atomic mass is 35.5. The van der Waals surface area contributed by atoms with Gasteiger partial charge in [0.15, 0.2) is 0 Å². The summed E-state index contributed by atoms with van der Waals surface area (Å²) in [5.41, 5.74) is 3.04. The van der Waals surface area contributed by atoms with E-state index in [9.17, 15) is 10.1 Å². The number of ether oxygens (including phenoxy) is 1. The van der Waals surface area contributed by atoms with E-state index in [1.165, 1.54) is 0 Å². The minimum atomic E-state index is -0.317. The lowest BCUT2D eigenvalue weighted by Gasteiger charge is -2.10. The van der Waals surface area contributed by atoms with Gasteiger partial charge in [0.2, 0.25) is 0 Å². The lowest BCUT2D eigenvalue weighted by Crippen LogP contribution is -2.10. The van der Waals surface area contributed by atoms with Crippen LogP contribution in [0, 0.1) is 11.3 Å².